The number of hydrogen-bond acceptors (Lipinski definition) is 4. The minimum atomic E-state index is 0.0536. The summed E-state index contributed by atoms with van der Waals surface area (Å²) in [6.07, 6.45) is 2.89. The Hall–Kier alpha value is -1.34. The molecule has 0 saturated carbocycles. The summed E-state index contributed by atoms with van der Waals surface area (Å²) in [6, 6.07) is 0. The molecule has 0 radical (unpaired) electrons. The summed E-state index contributed by atoms with van der Waals surface area (Å²) in [5, 5.41) is 6.59. The van der Waals surface area contributed by atoms with E-state index in [0.29, 0.717) is 6.42 Å². The summed E-state index contributed by atoms with van der Waals surface area (Å²) in [7, 11) is 1.85. The maximum absolute atomic E-state index is 11.7. The highest BCUT2D eigenvalue weighted by molar-refractivity contribution is 5.81. The Balaban J connectivity index is 1.58. The van der Waals surface area contributed by atoms with E-state index < -0.39 is 0 Å². The monoisotopic (exact) mass is 351 g/mol. The highest BCUT2D eigenvalue weighted by Gasteiger charge is 2.42. The Morgan fingerprint density at radius 3 is 2.76 bits per heavy atom. The van der Waals surface area contributed by atoms with Crippen molar-refractivity contribution in [3.8, 4) is 0 Å². The quantitative estimate of drug-likeness (QED) is 0.564. The summed E-state index contributed by atoms with van der Waals surface area (Å²) in [4.78, 5) is 21.0. The summed E-state index contributed by atoms with van der Waals surface area (Å²) in [5.41, 5.74) is 0.144. The number of piperidine rings is 1. The lowest BCUT2D eigenvalue weighted by molar-refractivity contribution is -0.119. The zero-order chi connectivity index (χ0) is 17.9. The molecule has 3 fully saturated rings. The molecular weight excluding hydrogens is 318 g/mol. The lowest BCUT2D eigenvalue weighted by Gasteiger charge is -2.43. The van der Waals surface area contributed by atoms with Crippen molar-refractivity contribution in [2.24, 2.45) is 10.4 Å². The number of guanidine groups is 1. The molecule has 0 aromatic carbocycles. The maximum atomic E-state index is 11.7. The summed E-state index contributed by atoms with van der Waals surface area (Å²) < 4.78 is 5.47. The Labute approximate surface area is 151 Å². The third kappa shape index (κ3) is 4.26. The van der Waals surface area contributed by atoms with Crippen molar-refractivity contribution < 1.29 is 9.53 Å². The first-order chi connectivity index (χ1) is 11.9. The predicted octanol–water partition coefficient (Wildman–Crippen LogP) is 0.275. The number of morpholine rings is 1. The Kier molecular flexibility index (Phi) is 5.53. The van der Waals surface area contributed by atoms with Crippen LogP contribution < -0.4 is 10.6 Å². The van der Waals surface area contributed by atoms with Crippen LogP contribution in [-0.2, 0) is 9.53 Å². The van der Waals surface area contributed by atoms with Gasteiger partial charge >= 0.3 is 0 Å². The topological polar surface area (TPSA) is 69.2 Å². The number of hydrogen-bond donors (Lipinski definition) is 2. The second kappa shape index (κ2) is 7.50. The van der Waals surface area contributed by atoms with Crippen LogP contribution in [0.15, 0.2) is 4.99 Å². The van der Waals surface area contributed by atoms with Crippen molar-refractivity contribution in [2.45, 2.75) is 38.6 Å². The van der Waals surface area contributed by atoms with E-state index >= 15 is 0 Å². The number of nitrogens with zero attached hydrogens (tertiary/aromatic N) is 3. The molecule has 1 unspecified atom stereocenters. The number of rotatable bonds is 3. The molecule has 1 spiro atoms. The molecular formula is C18H33N5O2. The van der Waals surface area contributed by atoms with E-state index in [1.807, 2.05) is 7.05 Å². The van der Waals surface area contributed by atoms with Gasteiger partial charge in [0.05, 0.1) is 13.2 Å². The second-order valence-corrected chi connectivity index (χ2v) is 8.29. The van der Waals surface area contributed by atoms with Crippen molar-refractivity contribution in [3.63, 3.8) is 0 Å². The predicted molar refractivity (Wildman–Crippen MR) is 98.7 cm³/mol. The smallest absolute Gasteiger partial charge is 0.220 e. The van der Waals surface area contributed by atoms with Gasteiger partial charge in [-0.05, 0) is 26.7 Å². The van der Waals surface area contributed by atoms with Crippen molar-refractivity contribution >= 4 is 11.9 Å². The van der Waals surface area contributed by atoms with Gasteiger partial charge in [-0.15, -0.1) is 0 Å². The number of carbonyl (C=O) groups is 1. The standard InChI is InChI=1S/C18H33N5O2/c1-17(2,23-7-9-25-10-8-23)12-21-16(19-3)22-6-4-5-18(14-22)11-15(24)20-13-18/h4-14H2,1-3H3,(H,19,21)(H,20,24). The third-order valence-electron chi connectivity index (χ3n) is 5.92. The molecule has 7 nitrogen and oxygen atoms in total. The van der Waals surface area contributed by atoms with Gasteiger partial charge in [0.25, 0.3) is 0 Å². The van der Waals surface area contributed by atoms with E-state index in [1.165, 1.54) is 0 Å². The van der Waals surface area contributed by atoms with Crippen LogP contribution in [0, 0.1) is 5.41 Å². The molecule has 0 bridgehead atoms. The maximum Gasteiger partial charge on any atom is 0.220 e. The summed E-state index contributed by atoms with van der Waals surface area (Å²) in [5.74, 6) is 1.15. The molecule has 0 aliphatic carbocycles. The van der Waals surface area contributed by atoms with Gasteiger partial charge in [0.2, 0.25) is 5.91 Å². The van der Waals surface area contributed by atoms with Crippen molar-refractivity contribution in [1.29, 1.82) is 0 Å². The van der Waals surface area contributed by atoms with Gasteiger partial charge in [0.15, 0.2) is 5.96 Å². The van der Waals surface area contributed by atoms with Crippen LogP contribution in [0.1, 0.15) is 33.1 Å². The Bertz CT molecular complexity index is 516. The zero-order valence-corrected chi connectivity index (χ0v) is 15.9. The Morgan fingerprint density at radius 2 is 2.12 bits per heavy atom. The van der Waals surface area contributed by atoms with Gasteiger partial charge in [-0.3, -0.25) is 14.7 Å². The number of ether oxygens (including phenoxy) is 1. The molecule has 3 aliphatic rings. The molecule has 25 heavy (non-hydrogen) atoms. The molecule has 0 aromatic rings. The molecule has 2 N–H and O–H groups in total. The lowest BCUT2D eigenvalue weighted by Crippen LogP contribution is -2.58. The Morgan fingerprint density at radius 1 is 1.36 bits per heavy atom. The van der Waals surface area contributed by atoms with Crippen molar-refractivity contribution in [1.82, 2.24) is 20.4 Å². The molecule has 3 rings (SSSR count). The third-order valence-corrected chi connectivity index (χ3v) is 5.92. The van der Waals surface area contributed by atoms with Crippen LogP contribution in [0.3, 0.4) is 0 Å². The first-order valence-electron chi connectivity index (χ1n) is 9.49. The van der Waals surface area contributed by atoms with E-state index in [9.17, 15) is 4.79 Å². The molecule has 0 aromatic heterocycles. The fraction of sp³-hybridized carbons (Fsp3) is 0.889. The lowest BCUT2D eigenvalue weighted by atomic mass is 9.79. The van der Waals surface area contributed by atoms with E-state index in [0.717, 1.165) is 71.3 Å². The van der Waals surface area contributed by atoms with Gasteiger partial charge in [-0.25, -0.2) is 0 Å². The van der Waals surface area contributed by atoms with Crippen LogP contribution in [0.4, 0.5) is 0 Å². The van der Waals surface area contributed by atoms with Gasteiger partial charge in [-0.2, -0.15) is 0 Å². The SMILES string of the molecule is CN=C(NCC(C)(C)N1CCOCC1)N1CCCC2(CNC(=O)C2)C1. The first kappa shape index (κ1) is 18.5. The molecule has 7 heteroatoms. The van der Waals surface area contributed by atoms with Crippen LogP contribution in [0.25, 0.3) is 0 Å². The first-order valence-corrected chi connectivity index (χ1v) is 9.49. The van der Waals surface area contributed by atoms with Gasteiger partial charge < -0.3 is 20.3 Å². The molecule has 3 aliphatic heterocycles. The highest BCUT2D eigenvalue weighted by Crippen LogP contribution is 2.36. The fourth-order valence-electron chi connectivity index (χ4n) is 4.34. The average Bonchev–Trinajstić information content (AvgIpc) is 2.96. The number of amides is 1. The van der Waals surface area contributed by atoms with E-state index in [-0.39, 0.29) is 16.9 Å². The molecule has 142 valence electrons. The number of likely N-dealkylation sites (tertiary alicyclic amines) is 1. The summed E-state index contributed by atoms with van der Waals surface area (Å²) >= 11 is 0. The normalized spacial score (nSPS) is 29.2. The second-order valence-electron chi connectivity index (χ2n) is 8.29. The summed E-state index contributed by atoms with van der Waals surface area (Å²) in [6.45, 7) is 11.7. The van der Waals surface area contributed by atoms with Gasteiger partial charge in [-0.1, -0.05) is 0 Å². The van der Waals surface area contributed by atoms with Gasteiger partial charge in [0.1, 0.15) is 0 Å². The number of carbonyl (C=O) groups excluding carboxylic acids is 1. The van der Waals surface area contributed by atoms with E-state index in [4.69, 9.17) is 4.74 Å². The van der Waals surface area contributed by atoms with Crippen LogP contribution >= 0.6 is 0 Å². The molecule has 1 amide bonds. The van der Waals surface area contributed by atoms with Crippen molar-refractivity contribution in [2.75, 3.05) is 59.5 Å². The largest absolute Gasteiger partial charge is 0.379 e. The number of aliphatic imine (C=N–C) groups is 1. The molecule has 3 heterocycles. The number of nitrogens with one attached hydrogen (secondary N) is 2. The van der Waals surface area contributed by atoms with Crippen LogP contribution in [-0.4, -0.2) is 86.7 Å². The van der Waals surface area contributed by atoms with Crippen LogP contribution in [0.2, 0.25) is 0 Å². The average molecular weight is 351 g/mol. The minimum Gasteiger partial charge on any atom is -0.379 e. The molecule has 1 atom stereocenters. The van der Waals surface area contributed by atoms with E-state index in [2.05, 4.69) is 39.3 Å². The highest BCUT2D eigenvalue weighted by atomic mass is 16.5. The van der Waals surface area contributed by atoms with Gasteiger partial charge in [0, 0.05) is 63.7 Å². The van der Waals surface area contributed by atoms with Crippen LogP contribution in [0.5, 0.6) is 0 Å². The van der Waals surface area contributed by atoms with Crippen molar-refractivity contribution in [3.05, 3.63) is 0 Å². The zero-order valence-electron chi connectivity index (χ0n) is 15.9. The molecule has 3 saturated heterocycles. The minimum absolute atomic E-state index is 0.0536. The fourth-order valence-corrected chi connectivity index (χ4v) is 4.34. The van der Waals surface area contributed by atoms with E-state index in [1.54, 1.807) is 0 Å².